The highest BCUT2D eigenvalue weighted by Gasteiger charge is 2.34. The zero-order valence-electron chi connectivity index (χ0n) is 23.0. The first-order valence-corrected chi connectivity index (χ1v) is 14.8. The summed E-state index contributed by atoms with van der Waals surface area (Å²) in [5, 5.41) is 3.55. The van der Waals surface area contributed by atoms with Crippen LogP contribution in [0.1, 0.15) is 31.9 Å². The summed E-state index contributed by atoms with van der Waals surface area (Å²) in [7, 11) is -2.79. The SMILES string of the molecule is COc1ccc(C)cc1N(CC(=O)N(Cc1ccc(Cl)cc1Cl)[C@@H](C)C(=O)NC(C)C)S(=O)(=O)c1ccccc1. The van der Waals surface area contributed by atoms with Crippen molar-refractivity contribution < 1.29 is 22.7 Å². The molecular formula is C29H33Cl2N3O5S. The van der Waals surface area contributed by atoms with Crippen LogP contribution < -0.4 is 14.4 Å². The fourth-order valence-corrected chi connectivity index (χ4v) is 5.95. The van der Waals surface area contributed by atoms with Gasteiger partial charge in [-0.05, 0) is 75.2 Å². The molecule has 0 spiro atoms. The third-order valence-electron chi connectivity index (χ3n) is 6.17. The van der Waals surface area contributed by atoms with Gasteiger partial charge in [0.25, 0.3) is 10.0 Å². The first kappa shape index (κ1) is 31.3. The van der Waals surface area contributed by atoms with E-state index in [1.807, 2.05) is 20.8 Å². The van der Waals surface area contributed by atoms with Gasteiger partial charge in [-0.1, -0.05) is 53.5 Å². The lowest BCUT2D eigenvalue weighted by Crippen LogP contribution is -2.52. The molecule has 11 heteroatoms. The number of carbonyl (C=O) groups excluding carboxylic acids is 2. The number of amides is 2. The number of anilines is 1. The van der Waals surface area contributed by atoms with E-state index in [0.29, 0.717) is 15.6 Å². The molecule has 0 aliphatic carbocycles. The quantitative estimate of drug-likeness (QED) is 0.313. The Morgan fingerprint density at radius 2 is 1.65 bits per heavy atom. The van der Waals surface area contributed by atoms with Crippen LogP contribution in [0.15, 0.2) is 71.6 Å². The van der Waals surface area contributed by atoms with Crippen molar-refractivity contribution in [2.45, 2.75) is 51.2 Å². The Bertz CT molecular complexity index is 1470. The van der Waals surface area contributed by atoms with Crippen molar-refractivity contribution >= 4 is 50.7 Å². The predicted octanol–water partition coefficient (Wildman–Crippen LogP) is 5.45. The van der Waals surface area contributed by atoms with Crippen LogP contribution in [0.2, 0.25) is 10.0 Å². The Labute approximate surface area is 245 Å². The highest BCUT2D eigenvalue weighted by molar-refractivity contribution is 7.92. The van der Waals surface area contributed by atoms with Gasteiger partial charge in [0.05, 0.1) is 17.7 Å². The van der Waals surface area contributed by atoms with Crippen molar-refractivity contribution in [1.29, 1.82) is 0 Å². The van der Waals surface area contributed by atoms with Crippen molar-refractivity contribution in [2.75, 3.05) is 18.0 Å². The summed E-state index contributed by atoms with van der Waals surface area (Å²) in [6.45, 7) is 6.37. The molecule has 214 valence electrons. The van der Waals surface area contributed by atoms with Gasteiger partial charge in [-0.3, -0.25) is 13.9 Å². The number of aryl methyl sites for hydroxylation is 1. The summed E-state index contributed by atoms with van der Waals surface area (Å²) in [6, 6.07) is 16.6. The highest BCUT2D eigenvalue weighted by Crippen LogP contribution is 2.34. The molecule has 0 unspecified atom stereocenters. The number of rotatable bonds is 11. The minimum absolute atomic E-state index is 0.00394. The molecule has 3 rings (SSSR count). The van der Waals surface area contributed by atoms with Gasteiger partial charge in [0, 0.05) is 22.6 Å². The lowest BCUT2D eigenvalue weighted by molar-refractivity contribution is -0.139. The van der Waals surface area contributed by atoms with E-state index in [2.05, 4.69) is 5.32 Å². The Balaban J connectivity index is 2.11. The second-order valence-electron chi connectivity index (χ2n) is 9.60. The average molecular weight is 607 g/mol. The van der Waals surface area contributed by atoms with Crippen LogP contribution in [0, 0.1) is 6.92 Å². The second-order valence-corrected chi connectivity index (χ2v) is 12.3. The summed E-state index contributed by atoms with van der Waals surface area (Å²) in [5.41, 5.74) is 1.52. The molecule has 0 saturated carbocycles. The normalized spacial score (nSPS) is 12.1. The number of carbonyl (C=O) groups is 2. The molecule has 0 fully saturated rings. The molecule has 0 heterocycles. The highest BCUT2D eigenvalue weighted by atomic mass is 35.5. The smallest absolute Gasteiger partial charge is 0.264 e. The van der Waals surface area contributed by atoms with Crippen molar-refractivity contribution in [3.63, 3.8) is 0 Å². The Morgan fingerprint density at radius 1 is 0.975 bits per heavy atom. The van der Waals surface area contributed by atoms with Gasteiger partial charge in [-0.15, -0.1) is 0 Å². The third-order valence-corrected chi connectivity index (χ3v) is 8.53. The summed E-state index contributed by atoms with van der Waals surface area (Å²) >= 11 is 12.5. The standard InChI is InChI=1S/C29H33Cl2N3O5S/c1-19(2)32-29(36)21(4)33(17-22-12-13-23(30)16-25(22)31)28(35)18-34(26-15-20(3)11-14-27(26)39-5)40(37,38)24-9-7-6-8-10-24/h6-16,19,21H,17-18H2,1-5H3,(H,32,36)/t21-/m0/s1. The molecule has 40 heavy (non-hydrogen) atoms. The summed E-state index contributed by atoms with van der Waals surface area (Å²) < 4.78 is 34.4. The number of sulfonamides is 1. The number of methoxy groups -OCH3 is 1. The average Bonchev–Trinajstić information content (AvgIpc) is 2.90. The molecule has 0 aliphatic rings. The zero-order valence-corrected chi connectivity index (χ0v) is 25.3. The van der Waals surface area contributed by atoms with Crippen LogP contribution in [0.3, 0.4) is 0 Å². The number of hydrogen-bond donors (Lipinski definition) is 1. The third kappa shape index (κ3) is 7.47. The van der Waals surface area contributed by atoms with Crippen LogP contribution in [0.5, 0.6) is 5.75 Å². The largest absolute Gasteiger partial charge is 0.495 e. The van der Waals surface area contributed by atoms with E-state index in [0.717, 1.165) is 9.87 Å². The van der Waals surface area contributed by atoms with E-state index in [1.165, 1.54) is 24.1 Å². The molecule has 1 atom stereocenters. The Kier molecular flexibility index (Phi) is 10.5. The first-order valence-electron chi connectivity index (χ1n) is 12.6. The molecular weight excluding hydrogens is 573 g/mol. The number of ether oxygens (including phenoxy) is 1. The van der Waals surface area contributed by atoms with Crippen LogP contribution in [0.25, 0.3) is 0 Å². The van der Waals surface area contributed by atoms with Gasteiger partial charge >= 0.3 is 0 Å². The maximum atomic E-state index is 14.0. The molecule has 0 aromatic heterocycles. The molecule has 3 aromatic carbocycles. The number of hydrogen-bond acceptors (Lipinski definition) is 5. The maximum absolute atomic E-state index is 14.0. The van der Waals surface area contributed by atoms with Crippen molar-refractivity contribution in [1.82, 2.24) is 10.2 Å². The predicted molar refractivity (Wildman–Crippen MR) is 158 cm³/mol. The molecule has 1 N–H and O–H groups in total. The molecule has 0 radical (unpaired) electrons. The van der Waals surface area contributed by atoms with Gasteiger partial charge in [-0.25, -0.2) is 8.42 Å². The van der Waals surface area contributed by atoms with Crippen LogP contribution in [-0.2, 0) is 26.2 Å². The number of benzene rings is 3. The Morgan fingerprint density at radius 3 is 2.25 bits per heavy atom. The van der Waals surface area contributed by atoms with E-state index >= 15 is 0 Å². The molecule has 0 bridgehead atoms. The van der Waals surface area contributed by atoms with E-state index in [-0.39, 0.29) is 34.8 Å². The van der Waals surface area contributed by atoms with E-state index in [9.17, 15) is 18.0 Å². The molecule has 0 aliphatic heterocycles. The lowest BCUT2D eigenvalue weighted by atomic mass is 10.1. The fourth-order valence-electron chi connectivity index (χ4n) is 4.05. The first-order chi connectivity index (χ1) is 18.8. The van der Waals surface area contributed by atoms with Gasteiger partial charge in [0.1, 0.15) is 18.3 Å². The lowest BCUT2D eigenvalue weighted by Gasteiger charge is -2.33. The van der Waals surface area contributed by atoms with Crippen molar-refractivity contribution in [3.05, 3.63) is 87.9 Å². The number of nitrogens with one attached hydrogen (secondary N) is 1. The Hall–Kier alpha value is -3.27. The van der Waals surface area contributed by atoms with Crippen molar-refractivity contribution in [3.8, 4) is 5.75 Å². The monoisotopic (exact) mass is 605 g/mol. The summed E-state index contributed by atoms with van der Waals surface area (Å²) in [5.74, 6) is -0.727. The fraction of sp³-hybridized carbons (Fsp3) is 0.310. The van der Waals surface area contributed by atoms with E-state index < -0.39 is 28.5 Å². The molecule has 0 saturated heterocycles. The van der Waals surface area contributed by atoms with Crippen LogP contribution in [-0.4, -0.2) is 50.9 Å². The molecule has 2 amide bonds. The summed E-state index contributed by atoms with van der Waals surface area (Å²) in [4.78, 5) is 28.4. The summed E-state index contributed by atoms with van der Waals surface area (Å²) in [6.07, 6.45) is 0. The molecule has 3 aromatic rings. The van der Waals surface area contributed by atoms with Gasteiger partial charge < -0.3 is 15.0 Å². The number of nitrogens with zero attached hydrogens (tertiary/aromatic N) is 2. The minimum atomic E-state index is -4.22. The van der Waals surface area contributed by atoms with Crippen molar-refractivity contribution in [2.24, 2.45) is 0 Å². The zero-order chi connectivity index (χ0) is 29.6. The van der Waals surface area contributed by atoms with Gasteiger partial charge in [-0.2, -0.15) is 0 Å². The van der Waals surface area contributed by atoms with E-state index in [4.69, 9.17) is 27.9 Å². The van der Waals surface area contributed by atoms with Crippen LogP contribution in [0.4, 0.5) is 5.69 Å². The van der Waals surface area contributed by atoms with E-state index in [1.54, 1.807) is 61.5 Å². The van der Waals surface area contributed by atoms with Crippen LogP contribution >= 0.6 is 23.2 Å². The maximum Gasteiger partial charge on any atom is 0.264 e. The number of halogens is 2. The topological polar surface area (TPSA) is 96.0 Å². The second kappa shape index (κ2) is 13.4. The van der Waals surface area contributed by atoms with Gasteiger partial charge in [0.15, 0.2) is 0 Å². The molecule has 8 nitrogen and oxygen atoms in total. The van der Waals surface area contributed by atoms with Gasteiger partial charge in [0.2, 0.25) is 11.8 Å². The minimum Gasteiger partial charge on any atom is -0.495 e.